The van der Waals surface area contributed by atoms with E-state index in [2.05, 4.69) is 10.1 Å². The van der Waals surface area contributed by atoms with Crippen LogP contribution in [-0.2, 0) is 21.2 Å². The lowest BCUT2D eigenvalue weighted by Crippen LogP contribution is -2.43. The Hall–Kier alpha value is -1.56. The van der Waals surface area contributed by atoms with Gasteiger partial charge in [-0.15, -0.1) is 0 Å². The summed E-state index contributed by atoms with van der Waals surface area (Å²) in [5.41, 5.74) is -1.81. The topological polar surface area (TPSA) is 38.3 Å². The molecular weight excluding hydrogens is 283 g/mol. The molecule has 0 radical (unpaired) electrons. The molecule has 0 amide bonds. The number of nitrogens with one attached hydrogen (secondary N) is 1. The molecular formula is C15H20F3NO2. The predicted molar refractivity (Wildman–Crippen MR) is 73.7 cm³/mol. The summed E-state index contributed by atoms with van der Waals surface area (Å²) in [4.78, 5) is 11.6. The first kappa shape index (κ1) is 17.5. The highest BCUT2D eigenvalue weighted by atomic mass is 19.4. The fourth-order valence-corrected chi connectivity index (χ4v) is 2.23. The van der Waals surface area contributed by atoms with E-state index in [9.17, 15) is 18.0 Å². The lowest BCUT2D eigenvalue weighted by atomic mass is 9.85. The molecule has 0 heterocycles. The number of methoxy groups -OCH3 is 1. The average molecular weight is 303 g/mol. The largest absolute Gasteiger partial charge is 0.469 e. The van der Waals surface area contributed by atoms with Crippen molar-refractivity contribution in [1.29, 1.82) is 0 Å². The molecule has 0 aromatic heterocycles. The number of ether oxygens (including phenoxy) is 1. The van der Waals surface area contributed by atoms with Gasteiger partial charge in [-0.2, -0.15) is 13.2 Å². The number of esters is 1. The van der Waals surface area contributed by atoms with Crippen molar-refractivity contribution in [3.8, 4) is 0 Å². The highest BCUT2D eigenvalue weighted by Crippen LogP contribution is 2.38. The lowest BCUT2D eigenvalue weighted by Gasteiger charge is -2.33. The van der Waals surface area contributed by atoms with Gasteiger partial charge in [-0.05, 0) is 31.5 Å². The van der Waals surface area contributed by atoms with Gasteiger partial charge in [0, 0.05) is 0 Å². The van der Waals surface area contributed by atoms with E-state index in [-0.39, 0.29) is 12.0 Å². The smallest absolute Gasteiger partial charge is 0.416 e. The first-order valence-electron chi connectivity index (χ1n) is 6.73. The van der Waals surface area contributed by atoms with E-state index in [4.69, 9.17) is 0 Å². The SMILES string of the molecule is CCCNC(C)(CC(=O)OC)c1ccccc1C(F)(F)F. The van der Waals surface area contributed by atoms with E-state index in [1.54, 1.807) is 6.92 Å². The van der Waals surface area contributed by atoms with E-state index in [1.165, 1.54) is 25.3 Å². The Labute approximate surface area is 122 Å². The first-order valence-corrected chi connectivity index (χ1v) is 6.73. The van der Waals surface area contributed by atoms with Crippen LogP contribution in [0.15, 0.2) is 24.3 Å². The Morgan fingerprint density at radius 1 is 1.24 bits per heavy atom. The third kappa shape index (κ3) is 4.46. The second-order valence-corrected chi connectivity index (χ2v) is 5.06. The third-order valence-corrected chi connectivity index (χ3v) is 3.32. The summed E-state index contributed by atoms with van der Waals surface area (Å²) in [6, 6.07) is 5.30. The van der Waals surface area contributed by atoms with Gasteiger partial charge in [-0.3, -0.25) is 4.79 Å². The molecule has 1 rings (SSSR count). The molecule has 0 saturated carbocycles. The molecule has 3 nitrogen and oxygen atoms in total. The number of alkyl halides is 3. The van der Waals surface area contributed by atoms with E-state index in [1.807, 2.05) is 6.92 Å². The summed E-state index contributed by atoms with van der Waals surface area (Å²) in [7, 11) is 1.22. The highest BCUT2D eigenvalue weighted by Gasteiger charge is 2.40. The number of hydrogen-bond acceptors (Lipinski definition) is 3. The zero-order valence-corrected chi connectivity index (χ0v) is 12.4. The molecule has 0 saturated heterocycles. The summed E-state index contributed by atoms with van der Waals surface area (Å²) < 4.78 is 44.1. The minimum absolute atomic E-state index is 0.0522. The Morgan fingerprint density at radius 3 is 2.29 bits per heavy atom. The molecule has 118 valence electrons. The van der Waals surface area contributed by atoms with Gasteiger partial charge in [0.1, 0.15) is 0 Å². The minimum atomic E-state index is -4.47. The lowest BCUT2D eigenvalue weighted by molar-refractivity contribution is -0.144. The molecule has 0 spiro atoms. The molecule has 1 N–H and O–H groups in total. The molecule has 0 aliphatic heterocycles. The Morgan fingerprint density at radius 2 is 1.81 bits per heavy atom. The predicted octanol–water partition coefficient (Wildman–Crippen LogP) is 3.48. The van der Waals surface area contributed by atoms with Crippen LogP contribution in [0.3, 0.4) is 0 Å². The number of carbonyl (C=O) groups is 1. The van der Waals surface area contributed by atoms with Gasteiger partial charge in [0.05, 0.1) is 24.6 Å². The summed E-state index contributed by atoms with van der Waals surface area (Å²) in [5.74, 6) is -0.557. The molecule has 1 atom stereocenters. The Balaban J connectivity index is 3.29. The number of hydrogen-bond donors (Lipinski definition) is 1. The molecule has 1 unspecified atom stereocenters. The maximum atomic E-state index is 13.2. The third-order valence-electron chi connectivity index (χ3n) is 3.32. The molecule has 0 bridgehead atoms. The summed E-state index contributed by atoms with van der Waals surface area (Å²) in [5, 5.41) is 3.04. The summed E-state index contributed by atoms with van der Waals surface area (Å²) >= 11 is 0. The van der Waals surface area contributed by atoms with Gasteiger partial charge in [0.15, 0.2) is 0 Å². The van der Waals surface area contributed by atoms with Gasteiger partial charge in [0.2, 0.25) is 0 Å². The number of carbonyl (C=O) groups excluding carboxylic acids is 1. The molecule has 6 heteroatoms. The molecule has 1 aromatic carbocycles. The zero-order valence-electron chi connectivity index (χ0n) is 12.4. The second kappa shape index (κ2) is 6.93. The first-order chi connectivity index (χ1) is 9.74. The van der Waals surface area contributed by atoms with E-state index >= 15 is 0 Å². The summed E-state index contributed by atoms with van der Waals surface area (Å²) in [6.45, 7) is 3.99. The van der Waals surface area contributed by atoms with Crippen LogP contribution in [0, 0.1) is 0 Å². The second-order valence-electron chi connectivity index (χ2n) is 5.06. The molecule has 0 fully saturated rings. The number of benzene rings is 1. The van der Waals surface area contributed by atoms with E-state index in [0.717, 1.165) is 12.5 Å². The van der Waals surface area contributed by atoms with Crippen LogP contribution in [0.5, 0.6) is 0 Å². The van der Waals surface area contributed by atoms with Crippen molar-refractivity contribution >= 4 is 5.97 Å². The van der Waals surface area contributed by atoms with Crippen molar-refractivity contribution in [2.75, 3.05) is 13.7 Å². The van der Waals surface area contributed by atoms with Crippen LogP contribution in [-0.4, -0.2) is 19.6 Å². The molecule has 21 heavy (non-hydrogen) atoms. The van der Waals surface area contributed by atoms with Crippen LogP contribution in [0.25, 0.3) is 0 Å². The van der Waals surface area contributed by atoms with Crippen LogP contribution >= 0.6 is 0 Å². The number of rotatable bonds is 6. The zero-order chi connectivity index (χ0) is 16.1. The van der Waals surface area contributed by atoms with Crippen molar-refractivity contribution in [3.05, 3.63) is 35.4 Å². The average Bonchev–Trinajstić information content (AvgIpc) is 2.44. The van der Waals surface area contributed by atoms with E-state index in [0.29, 0.717) is 6.54 Å². The Kier molecular flexibility index (Phi) is 5.78. The highest BCUT2D eigenvalue weighted by molar-refractivity contribution is 5.71. The van der Waals surface area contributed by atoms with Crippen LogP contribution in [0.1, 0.15) is 37.8 Å². The fraction of sp³-hybridized carbons (Fsp3) is 0.533. The van der Waals surface area contributed by atoms with Crippen molar-refractivity contribution < 1.29 is 22.7 Å². The molecule has 0 aliphatic carbocycles. The van der Waals surface area contributed by atoms with Gasteiger partial charge in [-0.25, -0.2) is 0 Å². The van der Waals surface area contributed by atoms with Gasteiger partial charge < -0.3 is 10.1 Å². The maximum absolute atomic E-state index is 13.2. The quantitative estimate of drug-likeness (QED) is 0.818. The van der Waals surface area contributed by atoms with E-state index < -0.39 is 23.2 Å². The van der Waals surface area contributed by atoms with Crippen molar-refractivity contribution in [3.63, 3.8) is 0 Å². The van der Waals surface area contributed by atoms with Crippen molar-refractivity contribution in [2.24, 2.45) is 0 Å². The summed E-state index contributed by atoms with van der Waals surface area (Å²) in [6.07, 6.45) is -3.90. The maximum Gasteiger partial charge on any atom is 0.416 e. The van der Waals surface area contributed by atoms with Gasteiger partial charge in [0.25, 0.3) is 0 Å². The van der Waals surface area contributed by atoms with Gasteiger partial charge >= 0.3 is 12.1 Å². The van der Waals surface area contributed by atoms with Crippen LogP contribution < -0.4 is 5.32 Å². The van der Waals surface area contributed by atoms with Crippen LogP contribution in [0.2, 0.25) is 0 Å². The van der Waals surface area contributed by atoms with Gasteiger partial charge in [-0.1, -0.05) is 25.1 Å². The molecule has 0 aliphatic rings. The minimum Gasteiger partial charge on any atom is -0.469 e. The molecule has 1 aromatic rings. The Bertz CT molecular complexity index is 488. The fourth-order valence-electron chi connectivity index (χ4n) is 2.23. The normalized spacial score (nSPS) is 14.6. The monoisotopic (exact) mass is 303 g/mol. The standard InChI is InChI=1S/C15H20F3NO2/c1-4-9-19-14(2,10-13(20)21-3)11-7-5-6-8-12(11)15(16,17)18/h5-8,19H,4,9-10H2,1-3H3. The van der Waals surface area contributed by atoms with Crippen molar-refractivity contribution in [1.82, 2.24) is 5.32 Å². The van der Waals surface area contributed by atoms with Crippen molar-refractivity contribution in [2.45, 2.75) is 38.4 Å². The van der Waals surface area contributed by atoms with Crippen LogP contribution in [0.4, 0.5) is 13.2 Å². The number of halogens is 3.